The molecule has 4 N–H and O–H groups in total. The summed E-state index contributed by atoms with van der Waals surface area (Å²) in [5, 5.41) is 22.1. The molecule has 0 radical (unpaired) electrons. The molecule has 0 aliphatic rings. The maximum atomic E-state index is 13.2. The summed E-state index contributed by atoms with van der Waals surface area (Å²) in [6, 6.07) is 5.41. The highest BCUT2D eigenvalue weighted by molar-refractivity contribution is 5.96. The Bertz CT molecular complexity index is 453. The predicted octanol–water partition coefficient (Wildman–Crippen LogP) is -0.975. The van der Waals surface area contributed by atoms with Crippen LogP contribution in [0.3, 0.4) is 0 Å². The van der Waals surface area contributed by atoms with Crippen LogP contribution in [0.25, 0.3) is 0 Å². The van der Waals surface area contributed by atoms with Crippen LogP contribution in [0.4, 0.5) is 4.39 Å². The van der Waals surface area contributed by atoms with Crippen molar-refractivity contribution in [3.63, 3.8) is 0 Å². The molecule has 0 aromatic heterocycles. The van der Waals surface area contributed by atoms with E-state index >= 15 is 0 Å². The van der Waals surface area contributed by atoms with Crippen molar-refractivity contribution in [1.29, 1.82) is 0 Å². The number of aliphatic hydroxyl groups excluding tert-OH is 2. The summed E-state index contributed by atoms with van der Waals surface area (Å²) in [5.74, 6) is -1.91. The summed E-state index contributed by atoms with van der Waals surface area (Å²) >= 11 is 0. The summed E-state index contributed by atoms with van der Waals surface area (Å²) in [7, 11) is 0. The zero-order valence-corrected chi connectivity index (χ0v) is 10.1. The Morgan fingerprint density at radius 1 is 1.26 bits per heavy atom. The van der Waals surface area contributed by atoms with Crippen LogP contribution in [-0.2, 0) is 4.79 Å². The van der Waals surface area contributed by atoms with E-state index in [1.807, 2.05) is 0 Å². The van der Waals surface area contributed by atoms with Gasteiger partial charge in [-0.25, -0.2) is 4.39 Å². The van der Waals surface area contributed by atoms with Gasteiger partial charge in [0.25, 0.3) is 5.91 Å². The van der Waals surface area contributed by atoms with E-state index in [9.17, 15) is 14.0 Å². The summed E-state index contributed by atoms with van der Waals surface area (Å²) in [6.07, 6.45) is -1.05. The van der Waals surface area contributed by atoms with Crippen molar-refractivity contribution in [3.05, 3.63) is 35.6 Å². The molecule has 0 aliphatic heterocycles. The first-order valence-corrected chi connectivity index (χ1v) is 5.63. The van der Waals surface area contributed by atoms with Crippen LogP contribution in [0, 0.1) is 5.82 Å². The third-order valence-electron chi connectivity index (χ3n) is 2.27. The van der Waals surface area contributed by atoms with Crippen molar-refractivity contribution in [3.8, 4) is 0 Å². The fourth-order valence-electron chi connectivity index (χ4n) is 1.26. The van der Waals surface area contributed by atoms with E-state index in [0.29, 0.717) is 0 Å². The van der Waals surface area contributed by atoms with E-state index in [1.54, 1.807) is 0 Å². The van der Waals surface area contributed by atoms with Crippen LogP contribution in [0.2, 0.25) is 0 Å². The van der Waals surface area contributed by atoms with Gasteiger partial charge >= 0.3 is 0 Å². The van der Waals surface area contributed by atoms with Gasteiger partial charge in [-0.2, -0.15) is 0 Å². The van der Waals surface area contributed by atoms with E-state index in [4.69, 9.17) is 10.2 Å². The number of carbonyl (C=O) groups is 2. The number of benzene rings is 1. The molecular formula is C12H15FN2O4. The number of amides is 2. The second-order valence-electron chi connectivity index (χ2n) is 3.80. The van der Waals surface area contributed by atoms with Crippen LogP contribution >= 0.6 is 0 Å². The number of aliphatic hydroxyl groups is 2. The van der Waals surface area contributed by atoms with E-state index < -0.39 is 30.3 Å². The molecule has 7 heteroatoms. The molecule has 1 unspecified atom stereocenters. The Kier molecular flexibility index (Phi) is 5.91. The van der Waals surface area contributed by atoms with Crippen molar-refractivity contribution in [2.75, 3.05) is 19.7 Å². The molecule has 1 rings (SSSR count). The SMILES string of the molecule is O=C(CNC(=O)c1ccccc1F)NCC(O)CO. The Labute approximate surface area is 109 Å². The molecule has 0 aliphatic carbocycles. The van der Waals surface area contributed by atoms with Gasteiger partial charge < -0.3 is 20.8 Å². The Morgan fingerprint density at radius 3 is 2.58 bits per heavy atom. The van der Waals surface area contributed by atoms with E-state index in [2.05, 4.69) is 10.6 Å². The first kappa shape index (κ1) is 15.1. The molecule has 19 heavy (non-hydrogen) atoms. The molecule has 0 saturated carbocycles. The fraction of sp³-hybridized carbons (Fsp3) is 0.333. The van der Waals surface area contributed by atoms with Crippen molar-refractivity contribution in [2.45, 2.75) is 6.10 Å². The van der Waals surface area contributed by atoms with Crippen LogP contribution in [0.15, 0.2) is 24.3 Å². The van der Waals surface area contributed by atoms with Crippen molar-refractivity contribution >= 4 is 11.8 Å². The summed E-state index contributed by atoms with van der Waals surface area (Å²) in [5.41, 5.74) is -0.148. The highest BCUT2D eigenvalue weighted by Gasteiger charge is 2.12. The molecule has 0 bridgehead atoms. The number of hydrogen-bond acceptors (Lipinski definition) is 4. The summed E-state index contributed by atoms with van der Waals surface area (Å²) in [4.78, 5) is 22.8. The molecule has 0 saturated heterocycles. The smallest absolute Gasteiger partial charge is 0.254 e. The number of hydrogen-bond donors (Lipinski definition) is 4. The molecule has 0 fully saturated rings. The quantitative estimate of drug-likeness (QED) is 0.534. The second kappa shape index (κ2) is 7.45. The minimum absolute atomic E-state index is 0.120. The van der Waals surface area contributed by atoms with Gasteiger partial charge in [0.05, 0.1) is 24.8 Å². The minimum atomic E-state index is -1.05. The molecule has 1 atom stereocenters. The molecule has 1 aromatic rings. The lowest BCUT2D eigenvalue weighted by atomic mass is 10.2. The standard InChI is InChI=1S/C12H15FN2O4/c13-10-4-2-1-3-9(10)12(19)15-6-11(18)14-5-8(17)7-16/h1-4,8,16-17H,5-7H2,(H,14,18)(H,15,19). The van der Waals surface area contributed by atoms with Gasteiger partial charge in [-0.15, -0.1) is 0 Å². The highest BCUT2D eigenvalue weighted by Crippen LogP contribution is 2.05. The van der Waals surface area contributed by atoms with Crippen LogP contribution in [-0.4, -0.2) is 47.8 Å². The highest BCUT2D eigenvalue weighted by atomic mass is 19.1. The third kappa shape index (κ3) is 5.02. The average molecular weight is 270 g/mol. The molecule has 2 amide bonds. The van der Waals surface area contributed by atoms with E-state index in [-0.39, 0.29) is 18.7 Å². The number of carbonyl (C=O) groups excluding carboxylic acids is 2. The Hall–Kier alpha value is -1.99. The summed E-state index contributed by atoms with van der Waals surface area (Å²) < 4.78 is 13.2. The maximum absolute atomic E-state index is 13.2. The monoisotopic (exact) mass is 270 g/mol. The van der Waals surface area contributed by atoms with Crippen molar-refractivity contribution < 1.29 is 24.2 Å². The van der Waals surface area contributed by atoms with Gasteiger partial charge in [0.2, 0.25) is 5.91 Å². The minimum Gasteiger partial charge on any atom is -0.394 e. The lowest BCUT2D eigenvalue weighted by Gasteiger charge is -2.09. The number of halogens is 1. The largest absolute Gasteiger partial charge is 0.394 e. The maximum Gasteiger partial charge on any atom is 0.254 e. The molecular weight excluding hydrogens is 255 g/mol. The van der Waals surface area contributed by atoms with Gasteiger partial charge in [-0.05, 0) is 12.1 Å². The van der Waals surface area contributed by atoms with Crippen molar-refractivity contribution in [2.24, 2.45) is 0 Å². The van der Waals surface area contributed by atoms with Gasteiger partial charge in [-0.1, -0.05) is 12.1 Å². The first-order valence-electron chi connectivity index (χ1n) is 5.63. The van der Waals surface area contributed by atoms with Crippen LogP contribution in [0.1, 0.15) is 10.4 Å². The zero-order valence-electron chi connectivity index (χ0n) is 10.1. The molecule has 6 nitrogen and oxygen atoms in total. The van der Waals surface area contributed by atoms with E-state index in [1.165, 1.54) is 18.2 Å². The van der Waals surface area contributed by atoms with Crippen LogP contribution < -0.4 is 10.6 Å². The second-order valence-corrected chi connectivity index (χ2v) is 3.80. The van der Waals surface area contributed by atoms with Crippen LogP contribution in [0.5, 0.6) is 0 Å². The third-order valence-corrected chi connectivity index (χ3v) is 2.27. The summed E-state index contributed by atoms with van der Waals surface area (Å²) in [6.45, 7) is -0.932. The van der Waals surface area contributed by atoms with Gasteiger partial charge in [0, 0.05) is 6.54 Å². The zero-order chi connectivity index (χ0) is 14.3. The van der Waals surface area contributed by atoms with Gasteiger partial charge in [0.1, 0.15) is 5.82 Å². The van der Waals surface area contributed by atoms with E-state index in [0.717, 1.165) is 6.07 Å². The average Bonchev–Trinajstić information content (AvgIpc) is 2.42. The molecule has 104 valence electrons. The number of rotatable bonds is 6. The fourth-order valence-corrected chi connectivity index (χ4v) is 1.26. The lowest BCUT2D eigenvalue weighted by Crippen LogP contribution is -2.40. The van der Waals surface area contributed by atoms with Gasteiger partial charge in [-0.3, -0.25) is 9.59 Å². The number of nitrogens with one attached hydrogen (secondary N) is 2. The Balaban J connectivity index is 2.38. The lowest BCUT2D eigenvalue weighted by molar-refractivity contribution is -0.120. The van der Waals surface area contributed by atoms with Crippen molar-refractivity contribution in [1.82, 2.24) is 10.6 Å². The molecule has 1 aromatic carbocycles. The predicted molar refractivity (Wildman–Crippen MR) is 64.8 cm³/mol. The molecule has 0 heterocycles. The topological polar surface area (TPSA) is 98.7 Å². The Morgan fingerprint density at radius 2 is 1.95 bits per heavy atom. The molecule has 0 spiro atoms. The normalized spacial score (nSPS) is 11.7. The first-order chi connectivity index (χ1) is 9.04. The van der Waals surface area contributed by atoms with Gasteiger partial charge in [0.15, 0.2) is 0 Å².